The molecule has 2 N–H and O–H groups in total. The molecule has 1 aromatic carbocycles. The molecule has 0 saturated carbocycles. The Morgan fingerprint density at radius 2 is 2.07 bits per heavy atom. The fourth-order valence-corrected chi connectivity index (χ4v) is 1.25. The summed E-state index contributed by atoms with van der Waals surface area (Å²) in [5.74, 6) is 2.14. The lowest BCUT2D eigenvalue weighted by atomic mass is 10.2. The van der Waals surface area contributed by atoms with Crippen LogP contribution in [0.2, 0.25) is 0 Å². The van der Waals surface area contributed by atoms with Crippen LogP contribution in [0.25, 0.3) is 0 Å². The molecule has 84 valence electrons. The first-order valence-corrected chi connectivity index (χ1v) is 5.17. The van der Waals surface area contributed by atoms with Gasteiger partial charge in [-0.3, -0.25) is 0 Å². The molecule has 1 rings (SSSR count). The van der Waals surface area contributed by atoms with Gasteiger partial charge >= 0.3 is 0 Å². The second kappa shape index (κ2) is 5.61. The summed E-state index contributed by atoms with van der Waals surface area (Å²) in [5, 5.41) is 0. The molecule has 0 aliphatic rings. The van der Waals surface area contributed by atoms with Crippen molar-refractivity contribution in [2.75, 3.05) is 13.7 Å². The fourth-order valence-electron chi connectivity index (χ4n) is 1.25. The molecule has 0 aliphatic carbocycles. The van der Waals surface area contributed by atoms with Crippen molar-refractivity contribution in [3.05, 3.63) is 23.8 Å². The zero-order valence-electron chi connectivity index (χ0n) is 9.62. The maximum absolute atomic E-state index is 5.59. The first-order chi connectivity index (χ1) is 7.17. The van der Waals surface area contributed by atoms with Gasteiger partial charge in [-0.05, 0) is 12.0 Å². The highest BCUT2D eigenvalue weighted by molar-refractivity contribution is 5.40. The number of rotatable bonds is 5. The first-order valence-electron chi connectivity index (χ1n) is 5.17. The molecule has 1 aromatic rings. The van der Waals surface area contributed by atoms with Crippen LogP contribution in [0.5, 0.6) is 11.5 Å². The predicted octanol–water partition coefficient (Wildman–Crippen LogP) is 2.19. The van der Waals surface area contributed by atoms with E-state index >= 15 is 0 Å². The summed E-state index contributed by atoms with van der Waals surface area (Å²) in [5.41, 5.74) is 6.57. The van der Waals surface area contributed by atoms with Gasteiger partial charge in [-0.1, -0.05) is 19.9 Å². The van der Waals surface area contributed by atoms with Crippen LogP contribution in [0.1, 0.15) is 19.4 Å². The van der Waals surface area contributed by atoms with Gasteiger partial charge in [0.05, 0.1) is 13.7 Å². The molecule has 15 heavy (non-hydrogen) atoms. The maximum Gasteiger partial charge on any atom is 0.127 e. The van der Waals surface area contributed by atoms with Crippen LogP contribution >= 0.6 is 0 Å². The summed E-state index contributed by atoms with van der Waals surface area (Å²) in [6.07, 6.45) is 0. The van der Waals surface area contributed by atoms with Crippen molar-refractivity contribution in [2.24, 2.45) is 11.7 Å². The second-order valence-electron chi connectivity index (χ2n) is 3.88. The summed E-state index contributed by atoms with van der Waals surface area (Å²) in [4.78, 5) is 0. The molecular formula is C12H19NO2. The minimum atomic E-state index is 0.480. The average Bonchev–Trinajstić information content (AvgIpc) is 2.25. The largest absolute Gasteiger partial charge is 0.496 e. The van der Waals surface area contributed by atoms with Crippen LogP contribution in [-0.2, 0) is 6.54 Å². The molecule has 0 amide bonds. The molecular weight excluding hydrogens is 190 g/mol. The predicted molar refractivity (Wildman–Crippen MR) is 61.2 cm³/mol. The van der Waals surface area contributed by atoms with E-state index in [4.69, 9.17) is 15.2 Å². The second-order valence-corrected chi connectivity index (χ2v) is 3.88. The summed E-state index contributed by atoms with van der Waals surface area (Å²) in [7, 11) is 1.64. The van der Waals surface area contributed by atoms with Gasteiger partial charge < -0.3 is 15.2 Å². The van der Waals surface area contributed by atoms with Gasteiger partial charge in [0.25, 0.3) is 0 Å². The number of hydrogen-bond donors (Lipinski definition) is 1. The smallest absolute Gasteiger partial charge is 0.127 e. The van der Waals surface area contributed by atoms with Gasteiger partial charge in [-0.15, -0.1) is 0 Å². The van der Waals surface area contributed by atoms with E-state index < -0.39 is 0 Å². The van der Waals surface area contributed by atoms with Crippen molar-refractivity contribution < 1.29 is 9.47 Å². The zero-order valence-corrected chi connectivity index (χ0v) is 9.62. The van der Waals surface area contributed by atoms with Gasteiger partial charge in [-0.2, -0.15) is 0 Å². The summed E-state index contributed by atoms with van der Waals surface area (Å²) in [6.45, 7) is 5.43. The molecule has 0 aromatic heterocycles. The van der Waals surface area contributed by atoms with Crippen molar-refractivity contribution in [1.29, 1.82) is 0 Å². The number of nitrogens with two attached hydrogens (primary N) is 1. The molecule has 0 atom stereocenters. The van der Waals surface area contributed by atoms with Crippen molar-refractivity contribution in [3.8, 4) is 11.5 Å². The number of methoxy groups -OCH3 is 1. The van der Waals surface area contributed by atoms with Crippen LogP contribution in [0.15, 0.2) is 18.2 Å². The first kappa shape index (κ1) is 11.9. The Kier molecular flexibility index (Phi) is 4.43. The number of ether oxygens (including phenoxy) is 2. The van der Waals surface area contributed by atoms with Crippen molar-refractivity contribution in [1.82, 2.24) is 0 Å². The molecule has 0 bridgehead atoms. The summed E-state index contributed by atoms with van der Waals surface area (Å²) in [6, 6.07) is 5.74. The normalized spacial score (nSPS) is 10.5. The minimum Gasteiger partial charge on any atom is -0.496 e. The molecule has 0 radical (unpaired) electrons. The lowest BCUT2D eigenvalue weighted by Crippen LogP contribution is -2.05. The Balaban J connectivity index is 2.74. The SMILES string of the molecule is COc1cc(OCC(C)C)ccc1CN. The van der Waals surface area contributed by atoms with Crippen LogP contribution < -0.4 is 15.2 Å². The van der Waals surface area contributed by atoms with Gasteiger partial charge in [0.2, 0.25) is 0 Å². The third-order valence-corrected chi connectivity index (χ3v) is 2.06. The van der Waals surface area contributed by atoms with E-state index in [1.807, 2.05) is 18.2 Å². The standard InChI is InChI=1S/C12H19NO2/c1-9(2)8-15-11-5-4-10(7-13)12(6-11)14-3/h4-6,9H,7-8,13H2,1-3H3. The Bertz CT molecular complexity index is 310. The Morgan fingerprint density at radius 3 is 2.60 bits per heavy atom. The topological polar surface area (TPSA) is 44.5 Å². The van der Waals surface area contributed by atoms with E-state index in [1.54, 1.807) is 7.11 Å². The van der Waals surface area contributed by atoms with E-state index in [0.717, 1.165) is 17.1 Å². The van der Waals surface area contributed by atoms with Crippen LogP contribution in [0.3, 0.4) is 0 Å². The number of benzene rings is 1. The summed E-state index contributed by atoms with van der Waals surface area (Å²) >= 11 is 0. The lowest BCUT2D eigenvalue weighted by molar-refractivity contribution is 0.269. The van der Waals surface area contributed by atoms with E-state index in [1.165, 1.54) is 0 Å². The molecule has 0 spiro atoms. The maximum atomic E-state index is 5.59. The van der Waals surface area contributed by atoms with Crippen molar-refractivity contribution >= 4 is 0 Å². The average molecular weight is 209 g/mol. The third kappa shape index (κ3) is 3.44. The Hall–Kier alpha value is -1.22. The molecule has 0 unspecified atom stereocenters. The highest BCUT2D eigenvalue weighted by atomic mass is 16.5. The third-order valence-electron chi connectivity index (χ3n) is 2.06. The number of hydrogen-bond acceptors (Lipinski definition) is 3. The minimum absolute atomic E-state index is 0.480. The monoisotopic (exact) mass is 209 g/mol. The van der Waals surface area contributed by atoms with Crippen molar-refractivity contribution in [3.63, 3.8) is 0 Å². The van der Waals surface area contributed by atoms with E-state index in [-0.39, 0.29) is 0 Å². The molecule has 0 fully saturated rings. The molecule has 0 heterocycles. The molecule has 0 aliphatic heterocycles. The van der Waals surface area contributed by atoms with Crippen LogP contribution in [0, 0.1) is 5.92 Å². The summed E-state index contributed by atoms with van der Waals surface area (Å²) < 4.78 is 10.8. The lowest BCUT2D eigenvalue weighted by Gasteiger charge is -2.11. The Morgan fingerprint density at radius 1 is 1.33 bits per heavy atom. The van der Waals surface area contributed by atoms with E-state index in [0.29, 0.717) is 19.1 Å². The van der Waals surface area contributed by atoms with Gasteiger partial charge in [0, 0.05) is 18.2 Å². The van der Waals surface area contributed by atoms with E-state index in [9.17, 15) is 0 Å². The highest BCUT2D eigenvalue weighted by Gasteiger charge is 2.04. The van der Waals surface area contributed by atoms with Crippen LogP contribution in [0.4, 0.5) is 0 Å². The molecule has 3 heteroatoms. The van der Waals surface area contributed by atoms with Crippen LogP contribution in [-0.4, -0.2) is 13.7 Å². The van der Waals surface area contributed by atoms with Gasteiger partial charge in [0.1, 0.15) is 11.5 Å². The van der Waals surface area contributed by atoms with Crippen molar-refractivity contribution in [2.45, 2.75) is 20.4 Å². The Labute approximate surface area is 91.2 Å². The highest BCUT2D eigenvalue weighted by Crippen LogP contribution is 2.24. The molecule has 0 saturated heterocycles. The van der Waals surface area contributed by atoms with Gasteiger partial charge in [-0.25, -0.2) is 0 Å². The zero-order chi connectivity index (χ0) is 11.3. The quantitative estimate of drug-likeness (QED) is 0.808. The van der Waals surface area contributed by atoms with Gasteiger partial charge in [0.15, 0.2) is 0 Å². The fraction of sp³-hybridized carbons (Fsp3) is 0.500. The van der Waals surface area contributed by atoms with E-state index in [2.05, 4.69) is 13.8 Å². The molecule has 3 nitrogen and oxygen atoms in total.